The van der Waals surface area contributed by atoms with Gasteiger partial charge >= 0.3 is 0 Å². The minimum absolute atomic E-state index is 0.387. The second-order valence-electron chi connectivity index (χ2n) is 4.79. The Kier molecular flexibility index (Phi) is 4.54. The summed E-state index contributed by atoms with van der Waals surface area (Å²) in [6, 6.07) is 0.387. The quantitative estimate of drug-likeness (QED) is 0.669. The van der Waals surface area contributed by atoms with Gasteiger partial charge in [-0.3, -0.25) is 0 Å². The maximum atomic E-state index is 4.46. The Balaban J connectivity index is 2.12. The van der Waals surface area contributed by atoms with Crippen molar-refractivity contribution < 1.29 is 0 Å². The van der Waals surface area contributed by atoms with E-state index >= 15 is 0 Å². The number of rotatable bonds is 7. The fraction of sp³-hybridized carbons (Fsp3) is 0.615. The molecule has 0 spiro atoms. The average molecular weight is 262 g/mol. The standard InChI is InChI=1S/C13H22N6/c1-4-5-6-7-9(2)17-12-10-11(16-8-15-10)18-13(14-3)19-12/h8-9H,4-7H2,1-3H3,(H3,14,15,16,17,18,19). The third-order valence-corrected chi connectivity index (χ3v) is 3.13. The van der Waals surface area contributed by atoms with Crippen molar-refractivity contribution in [2.24, 2.45) is 0 Å². The highest BCUT2D eigenvalue weighted by Gasteiger charge is 2.11. The molecule has 6 nitrogen and oxygen atoms in total. The number of H-pyrrole nitrogens is 1. The van der Waals surface area contributed by atoms with E-state index in [1.165, 1.54) is 19.3 Å². The van der Waals surface area contributed by atoms with E-state index in [1.54, 1.807) is 6.33 Å². The van der Waals surface area contributed by atoms with Crippen LogP contribution in [0, 0.1) is 0 Å². The van der Waals surface area contributed by atoms with E-state index in [2.05, 4.69) is 44.4 Å². The molecule has 0 saturated heterocycles. The van der Waals surface area contributed by atoms with Gasteiger partial charge in [-0.05, 0) is 13.3 Å². The summed E-state index contributed by atoms with van der Waals surface area (Å²) >= 11 is 0. The second kappa shape index (κ2) is 6.36. The van der Waals surface area contributed by atoms with Crippen LogP contribution in [0.4, 0.5) is 11.8 Å². The molecule has 1 atom stereocenters. The number of nitrogens with one attached hydrogen (secondary N) is 3. The summed E-state index contributed by atoms with van der Waals surface area (Å²) < 4.78 is 0. The van der Waals surface area contributed by atoms with Gasteiger partial charge in [0.25, 0.3) is 0 Å². The number of fused-ring (bicyclic) bond motifs is 1. The number of hydrogen-bond acceptors (Lipinski definition) is 5. The molecule has 0 aliphatic heterocycles. The van der Waals surface area contributed by atoms with Gasteiger partial charge in [-0.1, -0.05) is 26.2 Å². The van der Waals surface area contributed by atoms with E-state index < -0.39 is 0 Å². The third-order valence-electron chi connectivity index (χ3n) is 3.13. The number of hydrogen-bond donors (Lipinski definition) is 3. The summed E-state index contributed by atoms with van der Waals surface area (Å²) in [6.07, 6.45) is 6.54. The molecule has 0 amide bonds. The molecular weight excluding hydrogens is 240 g/mol. The van der Waals surface area contributed by atoms with Gasteiger partial charge in [0.15, 0.2) is 11.5 Å². The predicted molar refractivity (Wildman–Crippen MR) is 78.5 cm³/mol. The molecule has 0 aliphatic rings. The molecular formula is C13H22N6. The van der Waals surface area contributed by atoms with Crippen LogP contribution in [0.2, 0.25) is 0 Å². The maximum absolute atomic E-state index is 4.46. The zero-order chi connectivity index (χ0) is 13.7. The largest absolute Gasteiger partial charge is 0.366 e. The number of unbranched alkanes of at least 4 members (excludes halogenated alkanes) is 2. The molecule has 19 heavy (non-hydrogen) atoms. The number of aromatic nitrogens is 4. The predicted octanol–water partition coefficient (Wildman–Crippen LogP) is 2.78. The van der Waals surface area contributed by atoms with Crippen LogP contribution in [-0.2, 0) is 0 Å². The zero-order valence-corrected chi connectivity index (χ0v) is 11.8. The van der Waals surface area contributed by atoms with Gasteiger partial charge in [0.05, 0.1) is 6.33 Å². The van der Waals surface area contributed by atoms with Gasteiger partial charge in [0.2, 0.25) is 5.95 Å². The minimum atomic E-state index is 0.387. The highest BCUT2D eigenvalue weighted by Crippen LogP contribution is 2.20. The van der Waals surface area contributed by atoms with Gasteiger partial charge in [-0.25, -0.2) is 4.98 Å². The van der Waals surface area contributed by atoms with Crippen LogP contribution in [0.1, 0.15) is 39.5 Å². The van der Waals surface area contributed by atoms with Gasteiger partial charge in [0.1, 0.15) is 5.52 Å². The highest BCUT2D eigenvalue weighted by atomic mass is 15.2. The smallest absolute Gasteiger partial charge is 0.226 e. The average Bonchev–Trinajstić information content (AvgIpc) is 2.87. The van der Waals surface area contributed by atoms with Crippen LogP contribution < -0.4 is 10.6 Å². The lowest BCUT2D eigenvalue weighted by molar-refractivity contribution is 0.614. The fourth-order valence-electron chi connectivity index (χ4n) is 2.06. The summed E-state index contributed by atoms with van der Waals surface area (Å²) in [5.41, 5.74) is 1.55. The summed E-state index contributed by atoms with van der Waals surface area (Å²) in [4.78, 5) is 16.0. The Morgan fingerprint density at radius 1 is 1.32 bits per heavy atom. The number of anilines is 2. The zero-order valence-electron chi connectivity index (χ0n) is 11.8. The van der Waals surface area contributed by atoms with Gasteiger partial charge in [-0.2, -0.15) is 9.97 Å². The van der Waals surface area contributed by atoms with Crippen molar-refractivity contribution in [3.05, 3.63) is 6.33 Å². The minimum Gasteiger partial charge on any atom is -0.366 e. The van der Waals surface area contributed by atoms with Crippen LogP contribution >= 0.6 is 0 Å². The Morgan fingerprint density at radius 2 is 2.16 bits per heavy atom. The first-order valence-corrected chi connectivity index (χ1v) is 6.90. The lowest BCUT2D eigenvalue weighted by Crippen LogP contribution is -2.17. The Labute approximate surface area is 113 Å². The van der Waals surface area contributed by atoms with E-state index in [9.17, 15) is 0 Å². The molecule has 2 aromatic rings. The van der Waals surface area contributed by atoms with Crippen molar-refractivity contribution >= 4 is 22.9 Å². The first-order valence-electron chi connectivity index (χ1n) is 6.90. The molecule has 2 rings (SSSR count). The second-order valence-corrected chi connectivity index (χ2v) is 4.79. The SMILES string of the molecule is CCCCCC(C)Nc1nc(NC)nc2nc[nH]c12. The molecule has 0 aromatic carbocycles. The van der Waals surface area contributed by atoms with E-state index in [0.717, 1.165) is 17.8 Å². The Hall–Kier alpha value is -1.85. The van der Waals surface area contributed by atoms with Crippen molar-refractivity contribution in [3.8, 4) is 0 Å². The van der Waals surface area contributed by atoms with E-state index in [0.29, 0.717) is 17.6 Å². The fourth-order valence-corrected chi connectivity index (χ4v) is 2.06. The third kappa shape index (κ3) is 3.33. The lowest BCUT2D eigenvalue weighted by Gasteiger charge is -2.15. The van der Waals surface area contributed by atoms with Crippen LogP contribution in [0.3, 0.4) is 0 Å². The summed E-state index contributed by atoms with van der Waals surface area (Å²) in [7, 11) is 1.81. The molecule has 0 bridgehead atoms. The molecule has 1 unspecified atom stereocenters. The molecule has 0 saturated carbocycles. The van der Waals surface area contributed by atoms with Crippen LogP contribution in [0.5, 0.6) is 0 Å². The summed E-state index contributed by atoms with van der Waals surface area (Å²) in [5.74, 6) is 1.40. The van der Waals surface area contributed by atoms with Gasteiger partial charge < -0.3 is 15.6 Å². The number of imidazole rings is 1. The lowest BCUT2D eigenvalue weighted by atomic mass is 10.1. The van der Waals surface area contributed by atoms with Gasteiger partial charge in [0, 0.05) is 13.1 Å². The van der Waals surface area contributed by atoms with Crippen molar-refractivity contribution in [2.75, 3.05) is 17.7 Å². The molecule has 3 N–H and O–H groups in total. The van der Waals surface area contributed by atoms with Crippen molar-refractivity contribution in [2.45, 2.75) is 45.6 Å². The molecule has 2 aromatic heterocycles. The topological polar surface area (TPSA) is 78.5 Å². The first-order chi connectivity index (χ1) is 9.24. The Bertz CT molecular complexity index is 521. The molecule has 0 aliphatic carbocycles. The first kappa shape index (κ1) is 13.6. The van der Waals surface area contributed by atoms with Gasteiger partial charge in [-0.15, -0.1) is 0 Å². The van der Waals surface area contributed by atoms with E-state index in [-0.39, 0.29) is 0 Å². The monoisotopic (exact) mass is 262 g/mol. The molecule has 6 heteroatoms. The van der Waals surface area contributed by atoms with Crippen molar-refractivity contribution in [1.82, 2.24) is 19.9 Å². The molecule has 2 heterocycles. The molecule has 104 valence electrons. The number of nitrogens with zero attached hydrogens (tertiary/aromatic N) is 3. The van der Waals surface area contributed by atoms with Crippen LogP contribution in [0.15, 0.2) is 6.33 Å². The maximum Gasteiger partial charge on any atom is 0.226 e. The summed E-state index contributed by atoms with van der Waals surface area (Å²) in [5, 5.41) is 6.40. The highest BCUT2D eigenvalue weighted by molar-refractivity contribution is 5.83. The van der Waals surface area contributed by atoms with Crippen molar-refractivity contribution in [1.29, 1.82) is 0 Å². The Morgan fingerprint density at radius 3 is 2.89 bits per heavy atom. The normalized spacial score (nSPS) is 12.6. The van der Waals surface area contributed by atoms with E-state index in [1.807, 2.05) is 7.05 Å². The van der Waals surface area contributed by atoms with E-state index in [4.69, 9.17) is 0 Å². The van der Waals surface area contributed by atoms with Crippen molar-refractivity contribution in [3.63, 3.8) is 0 Å². The molecule has 0 fully saturated rings. The number of aromatic amines is 1. The van der Waals surface area contributed by atoms with Crippen LogP contribution in [0.25, 0.3) is 11.2 Å². The molecule has 0 radical (unpaired) electrons. The summed E-state index contributed by atoms with van der Waals surface area (Å²) in [6.45, 7) is 4.40. The van der Waals surface area contributed by atoms with Crippen LogP contribution in [-0.4, -0.2) is 33.0 Å².